The number of hydrogen-bond acceptors (Lipinski definition) is 4. The van der Waals surface area contributed by atoms with Crippen molar-refractivity contribution in [3.05, 3.63) is 58.4 Å². The zero-order chi connectivity index (χ0) is 16.8. The van der Waals surface area contributed by atoms with E-state index in [2.05, 4.69) is 0 Å². The molecule has 7 heteroatoms. The van der Waals surface area contributed by atoms with Gasteiger partial charge in [0.2, 0.25) is 0 Å². The van der Waals surface area contributed by atoms with Crippen molar-refractivity contribution in [3.63, 3.8) is 0 Å². The molecular weight excluding hydrogens is 356 g/mol. The van der Waals surface area contributed by atoms with Gasteiger partial charge in [-0.1, -0.05) is 23.7 Å². The molecule has 3 N–H and O–H groups in total. The smallest absolute Gasteiger partial charge is 0.161 e. The van der Waals surface area contributed by atoms with Gasteiger partial charge in [-0.25, -0.2) is 4.39 Å². The molecule has 0 aliphatic heterocycles. The van der Waals surface area contributed by atoms with E-state index >= 15 is 0 Å². The fourth-order valence-corrected chi connectivity index (χ4v) is 2.36. The normalized spacial score (nSPS) is 11.5. The Morgan fingerprint density at radius 1 is 1.25 bits per heavy atom. The van der Waals surface area contributed by atoms with Crippen LogP contribution in [0.3, 0.4) is 0 Å². The molecule has 1 unspecified atom stereocenters. The number of benzene rings is 2. The van der Waals surface area contributed by atoms with Crippen LogP contribution in [0.5, 0.6) is 11.5 Å². The minimum absolute atomic E-state index is 0. The summed E-state index contributed by atoms with van der Waals surface area (Å²) in [7, 11) is 1.52. The Hall–Kier alpha value is -1.53. The molecule has 2 rings (SSSR count). The second kappa shape index (κ2) is 9.69. The summed E-state index contributed by atoms with van der Waals surface area (Å²) in [5.41, 5.74) is 6.93. The molecule has 0 saturated heterocycles. The van der Waals surface area contributed by atoms with Gasteiger partial charge in [-0.2, -0.15) is 0 Å². The van der Waals surface area contributed by atoms with E-state index in [1.54, 1.807) is 24.3 Å². The van der Waals surface area contributed by atoms with Gasteiger partial charge in [0.25, 0.3) is 0 Å². The zero-order valence-electron chi connectivity index (χ0n) is 13.2. The maximum Gasteiger partial charge on any atom is 0.161 e. The maximum absolute atomic E-state index is 13.7. The molecule has 1 atom stereocenters. The molecule has 0 aromatic heterocycles. The molecule has 0 radical (unpaired) electrons. The summed E-state index contributed by atoms with van der Waals surface area (Å²) < 4.78 is 24.7. The predicted molar refractivity (Wildman–Crippen MR) is 94.7 cm³/mol. The van der Waals surface area contributed by atoms with Crippen LogP contribution in [0, 0.1) is 5.82 Å². The number of hydrogen-bond donors (Lipinski definition) is 2. The van der Waals surface area contributed by atoms with E-state index in [4.69, 9.17) is 31.9 Å². The number of nitrogens with two attached hydrogens (primary N) is 1. The van der Waals surface area contributed by atoms with Gasteiger partial charge in [0.1, 0.15) is 12.4 Å². The molecule has 0 spiro atoms. The first-order chi connectivity index (χ1) is 11.0. The van der Waals surface area contributed by atoms with Crippen molar-refractivity contribution in [2.24, 2.45) is 5.73 Å². The Morgan fingerprint density at radius 3 is 2.62 bits per heavy atom. The van der Waals surface area contributed by atoms with E-state index in [-0.39, 0.29) is 31.7 Å². The first-order valence-electron chi connectivity index (χ1n) is 7.14. The first kappa shape index (κ1) is 20.5. The third kappa shape index (κ3) is 5.24. The standard InChI is InChI=1S/C17H19ClFNO3.ClH/c1-22-17-8-11(7-12(20)9-21)5-6-16(17)23-10-13-14(18)3-2-4-15(13)19;/h2-6,8,12,21H,7,9-10,20H2,1H3;1H. The Morgan fingerprint density at radius 2 is 2.00 bits per heavy atom. The number of methoxy groups -OCH3 is 1. The Bertz CT molecular complexity index is 650. The van der Waals surface area contributed by atoms with Crippen molar-refractivity contribution in [1.82, 2.24) is 0 Å². The molecule has 132 valence electrons. The van der Waals surface area contributed by atoms with Gasteiger partial charge < -0.3 is 20.3 Å². The van der Waals surface area contributed by atoms with Crippen LogP contribution >= 0.6 is 24.0 Å². The molecule has 0 fully saturated rings. The molecule has 0 amide bonds. The Kier molecular flexibility index (Phi) is 8.28. The first-order valence-corrected chi connectivity index (χ1v) is 7.52. The molecule has 0 heterocycles. The van der Waals surface area contributed by atoms with Gasteiger partial charge in [0.15, 0.2) is 11.5 Å². The molecular formula is C17H20Cl2FNO3. The average molecular weight is 376 g/mol. The van der Waals surface area contributed by atoms with Gasteiger partial charge in [0, 0.05) is 11.6 Å². The minimum Gasteiger partial charge on any atom is -0.493 e. The second-order valence-corrected chi connectivity index (χ2v) is 5.53. The van der Waals surface area contributed by atoms with Gasteiger partial charge in [0.05, 0.1) is 18.7 Å². The highest BCUT2D eigenvalue weighted by Crippen LogP contribution is 2.30. The maximum atomic E-state index is 13.7. The number of aliphatic hydroxyl groups excluding tert-OH is 1. The lowest BCUT2D eigenvalue weighted by molar-refractivity contribution is 0.264. The molecule has 24 heavy (non-hydrogen) atoms. The lowest BCUT2D eigenvalue weighted by atomic mass is 10.1. The summed E-state index contributed by atoms with van der Waals surface area (Å²) >= 11 is 5.98. The van der Waals surface area contributed by atoms with Gasteiger partial charge in [-0.15, -0.1) is 12.4 Å². The van der Waals surface area contributed by atoms with Gasteiger partial charge in [-0.05, 0) is 36.2 Å². The highest BCUT2D eigenvalue weighted by molar-refractivity contribution is 6.31. The third-order valence-electron chi connectivity index (χ3n) is 3.39. The summed E-state index contributed by atoms with van der Waals surface area (Å²) in [6, 6.07) is 9.50. The van der Waals surface area contributed by atoms with Crippen LogP contribution in [0.2, 0.25) is 5.02 Å². The molecule has 0 bridgehead atoms. The SMILES string of the molecule is COc1cc(CC(N)CO)ccc1OCc1c(F)cccc1Cl.Cl. The summed E-state index contributed by atoms with van der Waals surface area (Å²) in [6.45, 7) is -0.0935. The molecule has 4 nitrogen and oxygen atoms in total. The lowest BCUT2D eigenvalue weighted by Gasteiger charge is -2.14. The van der Waals surface area contributed by atoms with Crippen molar-refractivity contribution in [1.29, 1.82) is 0 Å². The topological polar surface area (TPSA) is 64.7 Å². The molecule has 2 aromatic rings. The van der Waals surface area contributed by atoms with E-state index in [0.29, 0.717) is 28.5 Å². The van der Waals surface area contributed by atoms with Crippen LogP contribution in [0.4, 0.5) is 4.39 Å². The highest BCUT2D eigenvalue weighted by Gasteiger charge is 2.12. The predicted octanol–water partition coefficient (Wildman–Crippen LogP) is 3.35. The fraction of sp³-hybridized carbons (Fsp3) is 0.294. The van der Waals surface area contributed by atoms with Crippen LogP contribution in [0.25, 0.3) is 0 Å². The van der Waals surface area contributed by atoms with Crippen molar-refractivity contribution in [2.75, 3.05) is 13.7 Å². The van der Waals surface area contributed by atoms with Gasteiger partial charge >= 0.3 is 0 Å². The zero-order valence-corrected chi connectivity index (χ0v) is 14.7. The molecule has 0 aliphatic rings. The fourth-order valence-electron chi connectivity index (χ4n) is 2.15. The molecule has 0 saturated carbocycles. The van der Waals surface area contributed by atoms with E-state index in [9.17, 15) is 4.39 Å². The summed E-state index contributed by atoms with van der Waals surface area (Å²) in [4.78, 5) is 0. The molecule has 2 aromatic carbocycles. The largest absolute Gasteiger partial charge is 0.493 e. The third-order valence-corrected chi connectivity index (χ3v) is 3.75. The number of rotatable bonds is 7. The van der Waals surface area contributed by atoms with E-state index in [1.807, 2.05) is 6.07 Å². The highest BCUT2D eigenvalue weighted by atomic mass is 35.5. The Balaban J connectivity index is 0.00000288. The van der Waals surface area contributed by atoms with Crippen molar-refractivity contribution in [2.45, 2.75) is 19.1 Å². The van der Waals surface area contributed by atoms with Crippen molar-refractivity contribution >= 4 is 24.0 Å². The Labute approximate surface area is 151 Å². The quantitative estimate of drug-likeness (QED) is 0.778. The lowest BCUT2D eigenvalue weighted by Crippen LogP contribution is -2.26. The number of aliphatic hydroxyl groups is 1. The number of halogens is 3. The monoisotopic (exact) mass is 375 g/mol. The van der Waals surface area contributed by atoms with Crippen molar-refractivity contribution in [3.8, 4) is 11.5 Å². The van der Waals surface area contributed by atoms with Crippen LogP contribution in [0.15, 0.2) is 36.4 Å². The summed E-state index contributed by atoms with van der Waals surface area (Å²) in [6.07, 6.45) is 0.520. The van der Waals surface area contributed by atoms with Crippen LogP contribution in [-0.2, 0) is 13.0 Å². The average Bonchev–Trinajstić information content (AvgIpc) is 2.55. The van der Waals surface area contributed by atoms with Crippen molar-refractivity contribution < 1.29 is 19.0 Å². The molecule has 0 aliphatic carbocycles. The summed E-state index contributed by atoms with van der Waals surface area (Å²) in [5, 5.41) is 9.32. The minimum atomic E-state index is -0.415. The van der Waals surface area contributed by atoms with Crippen LogP contribution < -0.4 is 15.2 Å². The van der Waals surface area contributed by atoms with Gasteiger partial charge in [-0.3, -0.25) is 0 Å². The van der Waals surface area contributed by atoms with E-state index in [1.165, 1.54) is 13.2 Å². The summed E-state index contributed by atoms with van der Waals surface area (Å²) in [5.74, 6) is 0.579. The van der Waals surface area contributed by atoms with E-state index < -0.39 is 5.82 Å². The van der Waals surface area contributed by atoms with E-state index in [0.717, 1.165) is 5.56 Å². The second-order valence-electron chi connectivity index (χ2n) is 5.12. The number of ether oxygens (including phenoxy) is 2. The van der Waals surface area contributed by atoms with Crippen LogP contribution in [-0.4, -0.2) is 24.9 Å². The van der Waals surface area contributed by atoms with Crippen LogP contribution in [0.1, 0.15) is 11.1 Å².